The normalized spacial score (nSPS) is 12.5. The van der Waals surface area contributed by atoms with Crippen LogP contribution in [0.1, 0.15) is 26.2 Å². The van der Waals surface area contributed by atoms with Gasteiger partial charge in [0.05, 0.1) is 0 Å². The van der Waals surface area contributed by atoms with Gasteiger partial charge in [-0.3, -0.25) is 0 Å². The molecule has 0 radical (unpaired) electrons. The smallest absolute Gasteiger partial charge is 0.0443 e. The van der Waals surface area contributed by atoms with Crippen molar-refractivity contribution in [3.63, 3.8) is 0 Å². The van der Waals surface area contributed by atoms with Gasteiger partial charge < -0.3 is 10.4 Å². The molecule has 0 bridgehead atoms. The maximum Gasteiger partial charge on any atom is 0.0443 e. The van der Waals surface area contributed by atoms with Gasteiger partial charge in [-0.25, -0.2) is 0 Å². The number of hydrogen-bond acceptors (Lipinski definition) is 2. The summed E-state index contributed by atoms with van der Waals surface area (Å²) in [5.74, 6) is 2.62. The van der Waals surface area contributed by atoms with Gasteiger partial charge in [0.25, 0.3) is 0 Å². The van der Waals surface area contributed by atoms with Crippen LogP contribution in [0, 0.1) is 12.3 Å². The van der Waals surface area contributed by atoms with Crippen LogP contribution < -0.4 is 5.32 Å². The van der Waals surface area contributed by atoms with Crippen LogP contribution in [0.3, 0.4) is 0 Å². The lowest BCUT2D eigenvalue weighted by Gasteiger charge is -2.12. The standard InChI is InChI=1S/C9H17NO/c1-3-6-9(4-2)10-7-5-8-11/h1,9-11H,4-8H2,2H3. The van der Waals surface area contributed by atoms with Gasteiger partial charge in [0, 0.05) is 19.1 Å². The summed E-state index contributed by atoms with van der Waals surface area (Å²) in [6.45, 7) is 3.21. The van der Waals surface area contributed by atoms with Gasteiger partial charge in [-0.1, -0.05) is 6.92 Å². The molecule has 11 heavy (non-hydrogen) atoms. The number of hydrogen-bond donors (Lipinski definition) is 2. The van der Waals surface area contributed by atoms with Crippen molar-refractivity contribution in [1.29, 1.82) is 0 Å². The Kier molecular flexibility index (Phi) is 7.23. The maximum absolute atomic E-state index is 8.50. The molecule has 2 N–H and O–H groups in total. The number of terminal acetylenes is 1. The molecule has 0 aromatic rings. The van der Waals surface area contributed by atoms with Gasteiger partial charge in [0.1, 0.15) is 0 Å². The summed E-state index contributed by atoms with van der Waals surface area (Å²) in [6.07, 6.45) is 7.81. The summed E-state index contributed by atoms with van der Waals surface area (Å²) in [5, 5.41) is 11.8. The van der Waals surface area contributed by atoms with E-state index in [4.69, 9.17) is 11.5 Å². The van der Waals surface area contributed by atoms with Crippen molar-refractivity contribution in [2.45, 2.75) is 32.2 Å². The molecule has 2 heteroatoms. The summed E-state index contributed by atoms with van der Waals surface area (Å²) >= 11 is 0. The molecule has 1 unspecified atom stereocenters. The summed E-state index contributed by atoms with van der Waals surface area (Å²) in [5.41, 5.74) is 0. The van der Waals surface area contributed by atoms with Crippen LogP contribution in [0.25, 0.3) is 0 Å². The van der Waals surface area contributed by atoms with Gasteiger partial charge in [-0.05, 0) is 19.4 Å². The Bertz CT molecular complexity index is 117. The van der Waals surface area contributed by atoms with E-state index in [1.54, 1.807) is 0 Å². The van der Waals surface area contributed by atoms with Crippen molar-refractivity contribution in [1.82, 2.24) is 5.32 Å². The Hall–Kier alpha value is -0.520. The quantitative estimate of drug-likeness (QED) is 0.438. The molecule has 0 aliphatic carbocycles. The second-order valence-electron chi connectivity index (χ2n) is 2.54. The molecule has 0 aliphatic rings. The third-order valence-electron chi connectivity index (χ3n) is 1.62. The Morgan fingerprint density at radius 3 is 2.82 bits per heavy atom. The lowest BCUT2D eigenvalue weighted by molar-refractivity contribution is 0.283. The molecular formula is C9H17NO. The van der Waals surface area contributed by atoms with E-state index in [9.17, 15) is 0 Å². The summed E-state index contributed by atoms with van der Waals surface area (Å²) in [4.78, 5) is 0. The summed E-state index contributed by atoms with van der Waals surface area (Å²) in [7, 11) is 0. The summed E-state index contributed by atoms with van der Waals surface area (Å²) < 4.78 is 0. The van der Waals surface area contributed by atoms with Crippen molar-refractivity contribution in [3.8, 4) is 12.3 Å². The molecule has 0 amide bonds. The second kappa shape index (κ2) is 7.59. The van der Waals surface area contributed by atoms with Gasteiger partial charge in [-0.2, -0.15) is 0 Å². The lowest BCUT2D eigenvalue weighted by Crippen LogP contribution is -2.29. The zero-order valence-electron chi connectivity index (χ0n) is 7.14. The molecule has 0 aromatic heterocycles. The average Bonchev–Trinajstić information content (AvgIpc) is 2.03. The van der Waals surface area contributed by atoms with Crippen LogP contribution in [-0.4, -0.2) is 24.3 Å². The fraction of sp³-hybridized carbons (Fsp3) is 0.778. The summed E-state index contributed by atoms with van der Waals surface area (Å²) in [6, 6.07) is 0.423. The predicted octanol–water partition coefficient (Wildman–Crippen LogP) is 0.760. The molecule has 0 heterocycles. The number of nitrogens with one attached hydrogen (secondary N) is 1. The van der Waals surface area contributed by atoms with E-state index in [1.165, 1.54) is 0 Å². The topological polar surface area (TPSA) is 32.3 Å². The Morgan fingerprint density at radius 1 is 1.64 bits per heavy atom. The second-order valence-corrected chi connectivity index (χ2v) is 2.54. The zero-order valence-corrected chi connectivity index (χ0v) is 7.14. The minimum atomic E-state index is 0.249. The van der Waals surface area contributed by atoms with Crippen molar-refractivity contribution in [3.05, 3.63) is 0 Å². The van der Waals surface area contributed by atoms with Crippen molar-refractivity contribution in [2.24, 2.45) is 0 Å². The fourth-order valence-electron chi connectivity index (χ4n) is 0.888. The minimum absolute atomic E-state index is 0.249. The molecule has 0 aliphatic heterocycles. The molecule has 0 saturated heterocycles. The monoisotopic (exact) mass is 155 g/mol. The zero-order chi connectivity index (χ0) is 8.53. The molecule has 0 spiro atoms. The average molecular weight is 155 g/mol. The number of aliphatic hydroxyl groups is 1. The van der Waals surface area contributed by atoms with Crippen LogP contribution in [-0.2, 0) is 0 Å². The highest BCUT2D eigenvalue weighted by atomic mass is 16.3. The first-order chi connectivity index (χ1) is 5.35. The Balaban J connectivity index is 3.30. The molecule has 0 aromatic carbocycles. The number of aliphatic hydroxyl groups excluding tert-OH is 1. The van der Waals surface area contributed by atoms with Crippen LogP contribution in [0.5, 0.6) is 0 Å². The van der Waals surface area contributed by atoms with Crippen LogP contribution in [0.2, 0.25) is 0 Å². The van der Waals surface area contributed by atoms with Crippen LogP contribution in [0.4, 0.5) is 0 Å². The SMILES string of the molecule is C#CCC(CC)NCCCO. The lowest BCUT2D eigenvalue weighted by atomic mass is 10.1. The number of rotatable bonds is 6. The first-order valence-electron chi connectivity index (χ1n) is 4.12. The molecular weight excluding hydrogens is 138 g/mol. The van der Waals surface area contributed by atoms with Crippen LogP contribution >= 0.6 is 0 Å². The van der Waals surface area contributed by atoms with Gasteiger partial charge in [0.2, 0.25) is 0 Å². The van der Waals surface area contributed by atoms with Crippen molar-refractivity contribution < 1.29 is 5.11 Å². The van der Waals surface area contributed by atoms with Gasteiger partial charge in [0.15, 0.2) is 0 Å². The molecule has 0 rings (SSSR count). The van der Waals surface area contributed by atoms with Gasteiger partial charge in [-0.15, -0.1) is 12.3 Å². The van der Waals surface area contributed by atoms with E-state index in [1.807, 2.05) is 0 Å². The minimum Gasteiger partial charge on any atom is -0.396 e. The van der Waals surface area contributed by atoms with Crippen LogP contribution in [0.15, 0.2) is 0 Å². The van der Waals surface area contributed by atoms with E-state index < -0.39 is 0 Å². The molecule has 64 valence electrons. The van der Waals surface area contributed by atoms with E-state index in [0.717, 1.165) is 25.8 Å². The highest BCUT2D eigenvalue weighted by Gasteiger charge is 2.00. The van der Waals surface area contributed by atoms with E-state index in [-0.39, 0.29) is 6.61 Å². The van der Waals surface area contributed by atoms with Gasteiger partial charge >= 0.3 is 0 Å². The first-order valence-corrected chi connectivity index (χ1v) is 4.12. The predicted molar refractivity (Wildman–Crippen MR) is 47.2 cm³/mol. The Morgan fingerprint density at radius 2 is 2.36 bits per heavy atom. The van der Waals surface area contributed by atoms with E-state index >= 15 is 0 Å². The highest BCUT2D eigenvalue weighted by Crippen LogP contribution is 1.95. The third kappa shape index (κ3) is 5.90. The molecule has 1 atom stereocenters. The van der Waals surface area contributed by atoms with E-state index in [0.29, 0.717) is 6.04 Å². The molecule has 0 saturated carbocycles. The van der Waals surface area contributed by atoms with E-state index in [2.05, 4.69) is 18.2 Å². The molecule has 2 nitrogen and oxygen atoms in total. The van der Waals surface area contributed by atoms with Crippen molar-refractivity contribution in [2.75, 3.05) is 13.2 Å². The molecule has 0 fully saturated rings. The maximum atomic E-state index is 8.50. The first kappa shape index (κ1) is 10.5. The Labute approximate surface area is 69.0 Å². The highest BCUT2D eigenvalue weighted by molar-refractivity contribution is 4.89. The van der Waals surface area contributed by atoms with Crippen molar-refractivity contribution >= 4 is 0 Å². The third-order valence-corrected chi connectivity index (χ3v) is 1.62. The largest absolute Gasteiger partial charge is 0.396 e. The fourth-order valence-corrected chi connectivity index (χ4v) is 0.888.